The SMILES string of the molecule is [C-]#[N+]c1nnc(Nc2cccc(Cl)c2)c2c1C1CCC2CC1. The Bertz CT molecular complexity index is 773. The van der Waals surface area contributed by atoms with E-state index in [1.165, 1.54) is 31.2 Å². The minimum absolute atomic E-state index is 0.472. The maximum atomic E-state index is 7.37. The van der Waals surface area contributed by atoms with Gasteiger partial charge in [0, 0.05) is 15.8 Å². The number of fused-ring (bicyclic) bond motifs is 2. The lowest BCUT2D eigenvalue weighted by atomic mass is 9.67. The molecule has 3 aliphatic carbocycles. The summed E-state index contributed by atoms with van der Waals surface area (Å²) in [4.78, 5) is 3.59. The highest BCUT2D eigenvalue weighted by Gasteiger charge is 2.38. The molecule has 1 saturated carbocycles. The Balaban J connectivity index is 1.82. The maximum absolute atomic E-state index is 7.37. The number of nitrogens with zero attached hydrogens (tertiary/aromatic N) is 3. The van der Waals surface area contributed by atoms with Gasteiger partial charge in [-0.05, 0) is 71.9 Å². The summed E-state index contributed by atoms with van der Waals surface area (Å²) in [5.41, 5.74) is 3.25. The van der Waals surface area contributed by atoms with Gasteiger partial charge in [0.15, 0.2) is 5.82 Å². The zero-order chi connectivity index (χ0) is 15.1. The van der Waals surface area contributed by atoms with Crippen LogP contribution in [-0.2, 0) is 0 Å². The molecule has 0 atom stereocenters. The molecule has 1 N–H and O–H groups in total. The van der Waals surface area contributed by atoms with Crippen molar-refractivity contribution >= 4 is 28.9 Å². The zero-order valence-electron chi connectivity index (χ0n) is 12.0. The average molecular weight is 311 g/mol. The van der Waals surface area contributed by atoms with Crippen molar-refractivity contribution in [1.82, 2.24) is 10.2 Å². The van der Waals surface area contributed by atoms with E-state index in [9.17, 15) is 0 Å². The fourth-order valence-corrected chi connectivity index (χ4v) is 4.01. The first-order valence-electron chi connectivity index (χ1n) is 7.57. The van der Waals surface area contributed by atoms with E-state index in [1.807, 2.05) is 24.3 Å². The number of rotatable bonds is 2. The molecule has 3 aliphatic rings. The summed E-state index contributed by atoms with van der Waals surface area (Å²) >= 11 is 6.05. The van der Waals surface area contributed by atoms with Crippen LogP contribution in [-0.4, -0.2) is 10.2 Å². The first kappa shape index (κ1) is 13.5. The van der Waals surface area contributed by atoms with Gasteiger partial charge >= 0.3 is 0 Å². The lowest BCUT2D eigenvalue weighted by molar-refractivity contribution is 0.358. The molecule has 4 nitrogen and oxygen atoms in total. The van der Waals surface area contributed by atoms with E-state index in [1.54, 1.807) is 0 Å². The molecule has 1 fully saturated rings. The summed E-state index contributed by atoms with van der Waals surface area (Å²) < 4.78 is 0. The predicted molar refractivity (Wildman–Crippen MR) is 87.0 cm³/mol. The molecular formula is C17H15ClN4. The maximum Gasteiger partial charge on any atom is 0.300 e. The topological polar surface area (TPSA) is 42.2 Å². The lowest BCUT2D eigenvalue weighted by Crippen LogP contribution is -2.24. The van der Waals surface area contributed by atoms with Crippen LogP contribution in [0.25, 0.3) is 4.85 Å². The van der Waals surface area contributed by atoms with Crippen molar-refractivity contribution in [3.8, 4) is 0 Å². The summed E-state index contributed by atoms with van der Waals surface area (Å²) in [6.07, 6.45) is 4.71. The molecule has 0 amide bonds. The number of anilines is 2. The molecule has 2 aromatic rings. The smallest absolute Gasteiger partial charge is 0.300 e. The third-order valence-electron chi connectivity index (χ3n) is 4.77. The molecule has 22 heavy (non-hydrogen) atoms. The molecule has 0 spiro atoms. The molecule has 0 aliphatic heterocycles. The van der Waals surface area contributed by atoms with Crippen LogP contribution in [0.2, 0.25) is 5.02 Å². The fourth-order valence-electron chi connectivity index (χ4n) is 3.82. The lowest BCUT2D eigenvalue weighted by Gasteiger charge is -2.39. The fraction of sp³-hybridized carbons (Fsp3) is 0.353. The molecule has 0 unspecified atom stereocenters. The van der Waals surface area contributed by atoms with Gasteiger partial charge in [0.2, 0.25) is 0 Å². The Morgan fingerprint density at radius 2 is 1.82 bits per heavy atom. The summed E-state index contributed by atoms with van der Waals surface area (Å²) in [5.74, 6) is 2.25. The average Bonchev–Trinajstić information content (AvgIpc) is 2.56. The molecule has 5 heteroatoms. The first-order chi connectivity index (χ1) is 10.8. The second kappa shape index (κ2) is 5.26. The third kappa shape index (κ3) is 2.13. The van der Waals surface area contributed by atoms with Crippen LogP contribution in [0.3, 0.4) is 0 Å². The van der Waals surface area contributed by atoms with Gasteiger partial charge in [0.25, 0.3) is 5.82 Å². The van der Waals surface area contributed by atoms with Gasteiger partial charge in [0.05, 0.1) is 0 Å². The molecule has 1 aromatic heterocycles. The molecule has 0 saturated heterocycles. The van der Waals surface area contributed by atoms with Crippen LogP contribution in [0.4, 0.5) is 17.3 Å². The standard InChI is InChI=1S/C17H15ClN4/c1-19-16-14-10-5-7-11(8-6-10)15(14)17(22-21-16)20-13-4-2-3-12(18)9-13/h2-4,9-11H,5-8H2,(H,20,22). The van der Waals surface area contributed by atoms with Crippen LogP contribution in [0, 0.1) is 6.57 Å². The predicted octanol–water partition coefficient (Wildman–Crippen LogP) is 5.18. The van der Waals surface area contributed by atoms with Gasteiger partial charge in [-0.25, -0.2) is 0 Å². The van der Waals surface area contributed by atoms with E-state index in [-0.39, 0.29) is 0 Å². The van der Waals surface area contributed by atoms with Gasteiger partial charge in [-0.15, -0.1) is 0 Å². The Morgan fingerprint density at radius 1 is 1.09 bits per heavy atom. The first-order valence-corrected chi connectivity index (χ1v) is 7.94. The number of hydrogen-bond acceptors (Lipinski definition) is 3. The van der Waals surface area contributed by atoms with Gasteiger partial charge in [0.1, 0.15) is 0 Å². The number of hydrogen-bond donors (Lipinski definition) is 1. The third-order valence-corrected chi connectivity index (χ3v) is 5.00. The molecule has 110 valence electrons. The second-order valence-electron chi connectivity index (χ2n) is 6.00. The van der Waals surface area contributed by atoms with Crippen LogP contribution < -0.4 is 5.32 Å². The van der Waals surface area contributed by atoms with Crippen molar-refractivity contribution < 1.29 is 0 Å². The van der Waals surface area contributed by atoms with Crippen LogP contribution in [0.5, 0.6) is 0 Å². The highest BCUT2D eigenvalue weighted by Crippen LogP contribution is 2.53. The van der Waals surface area contributed by atoms with E-state index in [2.05, 4.69) is 20.4 Å². The normalized spacial score (nSPS) is 22.0. The summed E-state index contributed by atoms with van der Waals surface area (Å²) in [5, 5.41) is 12.5. The largest absolute Gasteiger partial charge is 0.359 e. The van der Waals surface area contributed by atoms with Crippen molar-refractivity contribution in [2.24, 2.45) is 0 Å². The van der Waals surface area contributed by atoms with E-state index < -0.39 is 0 Å². The van der Waals surface area contributed by atoms with E-state index in [4.69, 9.17) is 18.2 Å². The van der Waals surface area contributed by atoms with Crippen molar-refractivity contribution in [3.05, 3.63) is 51.8 Å². The number of nitrogens with one attached hydrogen (secondary N) is 1. The van der Waals surface area contributed by atoms with Crippen LogP contribution >= 0.6 is 11.6 Å². The Labute approximate surface area is 134 Å². The molecule has 0 radical (unpaired) electrons. The second-order valence-corrected chi connectivity index (χ2v) is 6.43. The Morgan fingerprint density at radius 3 is 2.50 bits per heavy atom. The highest BCUT2D eigenvalue weighted by atomic mass is 35.5. The van der Waals surface area contributed by atoms with Gasteiger partial charge in [-0.1, -0.05) is 24.2 Å². The summed E-state index contributed by atoms with van der Waals surface area (Å²) in [6.45, 7) is 7.37. The molecule has 1 aromatic carbocycles. The van der Waals surface area contributed by atoms with Crippen molar-refractivity contribution in [2.45, 2.75) is 37.5 Å². The van der Waals surface area contributed by atoms with Crippen LogP contribution in [0.1, 0.15) is 48.6 Å². The van der Waals surface area contributed by atoms with E-state index in [0.29, 0.717) is 22.7 Å². The van der Waals surface area contributed by atoms with E-state index >= 15 is 0 Å². The van der Waals surface area contributed by atoms with Gasteiger partial charge in [-0.2, -0.15) is 0 Å². The van der Waals surface area contributed by atoms with Crippen molar-refractivity contribution in [3.63, 3.8) is 0 Å². The summed E-state index contributed by atoms with van der Waals surface area (Å²) in [7, 11) is 0. The van der Waals surface area contributed by atoms with E-state index in [0.717, 1.165) is 17.1 Å². The molecule has 2 bridgehead atoms. The van der Waals surface area contributed by atoms with Crippen LogP contribution in [0.15, 0.2) is 24.3 Å². The Kier molecular flexibility index (Phi) is 3.24. The van der Waals surface area contributed by atoms with Gasteiger partial charge in [-0.3, -0.25) is 0 Å². The highest BCUT2D eigenvalue weighted by molar-refractivity contribution is 6.30. The number of benzene rings is 1. The monoisotopic (exact) mass is 310 g/mol. The molecule has 5 rings (SSSR count). The minimum atomic E-state index is 0.472. The van der Waals surface area contributed by atoms with Gasteiger partial charge < -0.3 is 10.2 Å². The van der Waals surface area contributed by atoms with Crippen molar-refractivity contribution in [1.29, 1.82) is 0 Å². The number of aromatic nitrogens is 2. The van der Waals surface area contributed by atoms with Crippen molar-refractivity contribution in [2.75, 3.05) is 5.32 Å². The Hall–Kier alpha value is -2.12. The summed E-state index contributed by atoms with van der Waals surface area (Å²) in [6, 6.07) is 7.59. The number of halogens is 1. The zero-order valence-corrected chi connectivity index (χ0v) is 12.8. The minimum Gasteiger partial charge on any atom is -0.359 e. The molecule has 1 heterocycles. The molecular weight excluding hydrogens is 296 g/mol. The quantitative estimate of drug-likeness (QED) is 0.777.